The summed E-state index contributed by atoms with van der Waals surface area (Å²) in [5.74, 6) is -1.31. The molecule has 1 amide bonds. The molecule has 0 bridgehead atoms. The lowest BCUT2D eigenvalue weighted by Crippen LogP contribution is -2.45. The zero-order valence-corrected chi connectivity index (χ0v) is 15.2. The number of hydrogen-bond acceptors (Lipinski definition) is 4. The molecule has 27 heavy (non-hydrogen) atoms. The number of aryl methyl sites for hydroxylation is 1. The van der Waals surface area contributed by atoms with E-state index < -0.39 is 29.5 Å². The number of halogens is 5. The molecule has 0 aliphatic rings. The van der Waals surface area contributed by atoms with Crippen LogP contribution in [0.2, 0.25) is 5.02 Å². The number of anilines is 2. The van der Waals surface area contributed by atoms with Crippen LogP contribution in [0.25, 0.3) is 0 Å². The van der Waals surface area contributed by atoms with E-state index in [1.807, 2.05) is 0 Å². The lowest BCUT2D eigenvalue weighted by Gasteiger charge is -2.24. The second kappa shape index (κ2) is 8.10. The van der Waals surface area contributed by atoms with Gasteiger partial charge in [-0.15, -0.1) is 0 Å². The second-order valence-electron chi connectivity index (χ2n) is 5.81. The van der Waals surface area contributed by atoms with Crippen molar-refractivity contribution in [1.29, 1.82) is 0 Å². The predicted octanol–water partition coefficient (Wildman–Crippen LogP) is 3.60. The summed E-state index contributed by atoms with van der Waals surface area (Å²) in [5, 5.41) is 2.46. The number of likely N-dealkylation sites (N-methyl/N-ethyl adjacent to an activating group) is 1. The Labute approximate surface area is 158 Å². The fourth-order valence-electron chi connectivity index (χ4n) is 2.36. The summed E-state index contributed by atoms with van der Waals surface area (Å²) in [6, 6.07) is 4.36. The van der Waals surface area contributed by atoms with Crippen molar-refractivity contribution < 1.29 is 22.4 Å². The van der Waals surface area contributed by atoms with Gasteiger partial charge < -0.3 is 16.0 Å². The molecular weight excluding hydrogens is 388 g/mol. The SMILES string of the molecule is Cc1cc(C(F)(F)F)cc(NC(CN)C(=O)N(C)c2ccc(F)c(Cl)c2)n1. The van der Waals surface area contributed by atoms with E-state index in [9.17, 15) is 22.4 Å². The number of rotatable bonds is 5. The number of pyridine rings is 1. The first-order valence-corrected chi connectivity index (χ1v) is 8.16. The fourth-order valence-corrected chi connectivity index (χ4v) is 2.54. The van der Waals surface area contributed by atoms with Crippen LogP contribution in [0.15, 0.2) is 30.3 Å². The molecule has 3 N–H and O–H groups in total. The molecule has 0 radical (unpaired) electrons. The van der Waals surface area contributed by atoms with Gasteiger partial charge in [0.1, 0.15) is 17.7 Å². The molecule has 0 saturated heterocycles. The smallest absolute Gasteiger partial charge is 0.357 e. The van der Waals surface area contributed by atoms with Crippen LogP contribution in [-0.2, 0) is 11.0 Å². The molecule has 146 valence electrons. The van der Waals surface area contributed by atoms with Crippen LogP contribution in [0.3, 0.4) is 0 Å². The highest BCUT2D eigenvalue weighted by Gasteiger charge is 2.32. The van der Waals surface area contributed by atoms with Crippen molar-refractivity contribution in [1.82, 2.24) is 4.98 Å². The third-order valence-electron chi connectivity index (χ3n) is 3.76. The maximum absolute atomic E-state index is 13.3. The Morgan fingerprint density at radius 3 is 2.56 bits per heavy atom. The molecule has 0 aliphatic carbocycles. The van der Waals surface area contributed by atoms with Gasteiger partial charge in [-0.2, -0.15) is 13.2 Å². The Balaban J connectivity index is 2.25. The Hall–Kier alpha value is -2.39. The van der Waals surface area contributed by atoms with Gasteiger partial charge in [0.25, 0.3) is 5.91 Å². The van der Waals surface area contributed by atoms with Crippen molar-refractivity contribution in [3.05, 3.63) is 52.4 Å². The van der Waals surface area contributed by atoms with E-state index in [1.165, 1.54) is 31.0 Å². The molecule has 1 unspecified atom stereocenters. The number of benzene rings is 1. The zero-order valence-electron chi connectivity index (χ0n) is 14.4. The predicted molar refractivity (Wildman–Crippen MR) is 95.3 cm³/mol. The molecule has 1 aromatic heterocycles. The first-order valence-electron chi connectivity index (χ1n) is 7.78. The number of aromatic nitrogens is 1. The Morgan fingerprint density at radius 1 is 1.33 bits per heavy atom. The van der Waals surface area contributed by atoms with Gasteiger partial charge in [-0.3, -0.25) is 4.79 Å². The molecule has 0 aliphatic heterocycles. The maximum Gasteiger partial charge on any atom is 0.416 e. The summed E-state index contributed by atoms with van der Waals surface area (Å²) in [4.78, 5) is 17.8. The number of hydrogen-bond donors (Lipinski definition) is 2. The fraction of sp³-hybridized carbons (Fsp3) is 0.294. The van der Waals surface area contributed by atoms with Crippen molar-refractivity contribution >= 4 is 29.0 Å². The third kappa shape index (κ3) is 5.08. The van der Waals surface area contributed by atoms with Gasteiger partial charge in [0.2, 0.25) is 0 Å². The number of nitrogens with one attached hydrogen (secondary N) is 1. The highest BCUT2D eigenvalue weighted by atomic mass is 35.5. The van der Waals surface area contributed by atoms with E-state index in [-0.39, 0.29) is 23.1 Å². The summed E-state index contributed by atoms with van der Waals surface area (Å²) in [7, 11) is 1.42. The molecule has 1 heterocycles. The molecule has 1 atom stereocenters. The van der Waals surface area contributed by atoms with E-state index in [1.54, 1.807) is 0 Å². The average Bonchev–Trinajstić information content (AvgIpc) is 2.59. The highest BCUT2D eigenvalue weighted by Crippen LogP contribution is 2.31. The molecule has 0 spiro atoms. The molecule has 0 fully saturated rings. The topological polar surface area (TPSA) is 71.2 Å². The van der Waals surface area contributed by atoms with Gasteiger partial charge in [0.05, 0.1) is 10.6 Å². The van der Waals surface area contributed by atoms with Crippen LogP contribution in [0.4, 0.5) is 29.1 Å². The van der Waals surface area contributed by atoms with Crippen molar-refractivity contribution in [3.63, 3.8) is 0 Å². The Kier molecular flexibility index (Phi) is 6.27. The first kappa shape index (κ1) is 20.9. The molecule has 10 heteroatoms. The Morgan fingerprint density at radius 2 is 2.00 bits per heavy atom. The molecule has 5 nitrogen and oxygen atoms in total. The largest absolute Gasteiger partial charge is 0.416 e. The van der Waals surface area contributed by atoms with Gasteiger partial charge in [-0.25, -0.2) is 9.37 Å². The molecular formula is C17H17ClF4N4O. The summed E-state index contributed by atoms with van der Waals surface area (Å²) in [6.07, 6.45) is -4.55. The number of amides is 1. The van der Waals surface area contributed by atoms with Crippen molar-refractivity contribution in [3.8, 4) is 0 Å². The average molecular weight is 405 g/mol. The van der Waals surface area contributed by atoms with Crippen LogP contribution >= 0.6 is 11.6 Å². The molecule has 1 aromatic carbocycles. The summed E-state index contributed by atoms with van der Waals surface area (Å²) in [5.41, 5.74) is 5.16. The number of carbonyl (C=O) groups is 1. The lowest BCUT2D eigenvalue weighted by molar-refractivity contribution is -0.137. The van der Waals surface area contributed by atoms with E-state index in [2.05, 4.69) is 10.3 Å². The number of nitrogens with zero attached hydrogens (tertiary/aromatic N) is 2. The second-order valence-corrected chi connectivity index (χ2v) is 6.22. The van der Waals surface area contributed by atoms with Crippen LogP contribution < -0.4 is 16.0 Å². The normalized spacial score (nSPS) is 12.6. The number of carbonyl (C=O) groups excluding carboxylic acids is 1. The van der Waals surface area contributed by atoms with E-state index >= 15 is 0 Å². The first-order chi connectivity index (χ1) is 12.5. The van der Waals surface area contributed by atoms with Gasteiger partial charge in [0.15, 0.2) is 0 Å². The Bertz CT molecular complexity index is 844. The van der Waals surface area contributed by atoms with Crippen LogP contribution in [-0.4, -0.2) is 30.5 Å². The van der Waals surface area contributed by atoms with Gasteiger partial charge in [0, 0.05) is 25.0 Å². The summed E-state index contributed by atoms with van der Waals surface area (Å²) >= 11 is 5.71. The third-order valence-corrected chi connectivity index (χ3v) is 4.05. The maximum atomic E-state index is 13.3. The van der Waals surface area contributed by atoms with Crippen LogP contribution in [0.5, 0.6) is 0 Å². The summed E-state index contributed by atoms with van der Waals surface area (Å²) in [6.45, 7) is 1.21. The standard InChI is InChI=1S/C17H17ClF4N4O/c1-9-5-10(17(20,21)22)6-15(24-9)25-14(8-23)16(27)26(2)11-3-4-13(19)12(18)7-11/h3-7,14H,8,23H2,1-2H3,(H,24,25). The summed E-state index contributed by atoms with van der Waals surface area (Å²) < 4.78 is 52.1. The van der Waals surface area contributed by atoms with Crippen LogP contribution in [0, 0.1) is 12.7 Å². The zero-order chi connectivity index (χ0) is 20.4. The van der Waals surface area contributed by atoms with Gasteiger partial charge >= 0.3 is 6.18 Å². The van der Waals surface area contributed by atoms with Gasteiger partial charge in [-0.05, 0) is 37.3 Å². The van der Waals surface area contributed by atoms with Crippen molar-refractivity contribution in [2.24, 2.45) is 5.73 Å². The highest BCUT2D eigenvalue weighted by molar-refractivity contribution is 6.31. The molecule has 0 saturated carbocycles. The number of nitrogens with two attached hydrogens (primary N) is 1. The lowest BCUT2D eigenvalue weighted by atomic mass is 10.2. The van der Waals surface area contributed by atoms with E-state index in [4.69, 9.17) is 17.3 Å². The minimum Gasteiger partial charge on any atom is -0.357 e. The monoisotopic (exact) mass is 404 g/mol. The molecule has 2 aromatic rings. The van der Waals surface area contributed by atoms with Crippen molar-refractivity contribution in [2.45, 2.75) is 19.1 Å². The molecule has 2 rings (SSSR count). The van der Waals surface area contributed by atoms with Crippen molar-refractivity contribution in [2.75, 3.05) is 23.8 Å². The van der Waals surface area contributed by atoms with E-state index in [0.717, 1.165) is 18.2 Å². The number of alkyl halides is 3. The minimum atomic E-state index is -4.55. The van der Waals surface area contributed by atoms with Crippen LogP contribution in [0.1, 0.15) is 11.3 Å². The van der Waals surface area contributed by atoms with Gasteiger partial charge in [-0.1, -0.05) is 11.6 Å². The van der Waals surface area contributed by atoms with E-state index in [0.29, 0.717) is 5.69 Å². The minimum absolute atomic E-state index is 0.128. The quantitative estimate of drug-likeness (QED) is 0.747.